The highest BCUT2D eigenvalue weighted by molar-refractivity contribution is 7.89. The van der Waals surface area contributed by atoms with Crippen molar-refractivity contribution >= 4 is 38.6 Å². The first-order valence-corrected chi connectivity index (χ1v) is 11.4. The summed E-state index contributed by atoms with van der Waals surface area (Å²) in [5.74, 6) is 0.931. The smallest absolute Gasteiger partial charge is 0.243 e. The molecule has 28 heavy (non-hydrogen) atoms. The van der Waals surface area contributed by atoms with E-state index in [1.807, 2.05) is 12.1 Å². The van der Waals surface area contributed by atoms with Gasteiger partial charge >= 0.3 is 0 Å². The molecule has 1 saturated heterocycles. The molecule has 0 radical (unpaired) electrons. The Bertz CT molecular complexity index is 1040. The van der Waals surface area contributed by atoms with Gasteiger partial charge in [-0.25, -0.2) is 18.1 Å². The highest BCUT2D eigenvalue weighted by Crippen LogP contribution is 2.21. The van der Waals surface area contributed by atoms with Gasteiger partial charge in [0.2, 0.25) is 10.0 Å². The fourth-order valence-electron chi connectivity index (χ4n) is 3.26. The minimum absolute atomic E-state index is 0.150. The van der Waals surface area contributed by atoms with Gasteiger partial charge in [-0.05, 0) is 30.3 Å². The van der Waals surface area contributed by atoms with E-state index in [4.69, 9.17) is 0 Å². The van der Waals surface area contributed by atoms with Crippen molar-refractivity contribution in [2.24, 2.45) is 0 Å². The number of aromatic nitrogens is 3. The van der Waals surface area contributed by atoms with E-state index in [1.54, 1.807) is 24.4 Å². The Morgan fingerprint density at radius 1 is 1.11 bits per heavy atom. The second kappa shape index (κ2) is 8.08. The fraction of sp³-hybridized carbons (Fsp3) is 0.389. The van der Waals surface area contributed by atoms with Crippen molar-refractivity contribution < 1.29 is 8.42 Å². The van der Waals surface area contributed by atoms with E-state index in [-0.39, 0.29) is 11.4 Å². The highest BCUT2D eigenvalue weighted by atomic mass is 32.2. The van der Waals surface area contributed by atoms with Crippen molar-refractivity contribution in [2.75, 3.05) is 37.6 Å². The number of pyridine rings is 1. The topological polar surface area (TPSA) is 91.3 Å². The summed E-state index contributed by atoms with van der Waals surface area (Å²) in [6, 6.07) is 8.84. The molecule has 1 aliphatic heterocycles. The zero-order valence-corrected chi connectivity index (χ0v) is 17.2. The van der Waals surface area contributed by atoms with Gasteiger partial charge in [0.25, 0.3) is 0 Å². The molecular weight excluding hydrogens is 396 g/mol. The molecule has 1 aromatic carbocycles. The van der Waals surface area contributed by atoms with Crippen molar-refractivity contribution in [3.63, 3.8) is 0 Å². The second-order valence-corrected chi connectivity index (χ2v) is 8.92. The Hall–Kier alpha value is -2.14. The number of sulfonamides is 1. The van der Waals surface area contributed by atoms with Crippen LogP contribution in [0.4, 0.5) is 5.82 Å². The van der Waals surface area contributed by atoms with E-state index < -0.39 is 10.0 Å². The lowest BCUT2D eigenvalue weighted by atomic mass is 10.2. The number of nitrogens with one attached hydrogen (secondary N) is 1. The molecule has 0 amide bonds. The normalized spacial score (nSPS) is 16.0. The summed E-state index contributed by atoms with van der Waals surface area (Å²) in [4.78, 5) is 9.35. The van der Waals surface area contributed by atoms with E-state index in [9.17, 15) is 8.42 Å². The number of nitrogens with zero attached hydrogens (tertiary/aromatic N) is 5. The number of anilines is 1. The lowest BCUT2D eigenvalue weighted by molar-refractivity contribution is 0.270. The second-order valence-electron chi connectivity index (χ2n) is 6.66. The maximum Gasteiger partial charge on any atom is 0.243 e. The van der Waals surface area contributed by atoms with Crippen LogP contribution in [0.15, 0.2) is 41.4 Å². The molecule has 8 nitrogen and oxygen atoms in total. The number of likely N-dealkylation sites (N-methyl/N-ethyl adjacent to an activating group) is 1. The number of benzene rings is 1. The molecule has 1 aliphatic rings. The number of hydrogen-bond donors (Lipinski definition) is 1. The quantitative estimate of drug-likeness (QED) is 0.651. The van der Waals surface area contributed by atoms with E-state index in [2.05, 4.69) is 35.2 Å². The maximum absolute atomic E-state index is 12.7. The number of rotatable bonds is 6. The van der Waals surface area contributed by atoms with Crippen LogP contribution < -0.4 is 9.62 Å². The van der Waals surface area contributed by atoms with Crippen molar-refractivity contribution in [3.05, 3.63) is 42.1 Å². The third-order valence-corrected chi connectivity index (χ3v) is 6.93. The Kier molecular flexibility index (Phi) is 5.54. The van der Waals surface area contributed by atoms with Gasteiger partial charge in [0.1, 0.15) is 21.7 Å². The first-order valence-electron chi connectivity index (χ1n) is 9.20. The molecule has 0 bridgehead atoms. The maximum atomic E-state index is 12.7. The van der Waals surface area contributed by atoms with Gasteiger partial charge in [-0.2, -0.15) is 8.75 Å². The van der Waals surface area contributed by atoms with Crippen molar-refractivity contribution in [1.29, 1.82) is 0 Å². The van der Waals surface area contributed by atoms with Crippen LogP contribution in [0.2, 0.25) is 0 Å². The summed E-state index contributed by atoms with van der Waals surface area (Å²) >= 11 is 1.00. The van der Waals surface area contributed by atoms with Crippen LogP contribution in [0.5, 0.6) is 0 Å². The summed E-state index contributed by atoms with van der Waals surface area (Å²) in [7, 11) is -3.68. The van der Waals surface area contributed by atoms with Crippen LogP contribution in [0, 0.1) is 0 Å². The Labute approximate surface area is 168 Å². The van der Waals surface area contributed by atoms with Crippen LogP contribution in [0.25, 0.3) is 11.0 Å². The van der Waals surface area contributed by atoms with Crippen molar-refractivity contribution in [1.82, 2.24) is 23.4 Å². The van der Waals surface area contributed by atoms with Gasteiger partial charge in [0.05, 0.1) is 11.7 Å². The predicted octanol–water partition coefficient (Wildman–Crippen LogP) is 1.71. The average Bonchev–Trinajstić information content (AvgIpc) is 3.21. The molecular formula is C18H22N6O2S2. The molecule has 0 aliphatic carbocycles. The molecule has 1 N–H and O–H groups in total. The third-order valence-electron chi connectivity index (χ3n) is 4.96. The van der Waals surface area contributed by atoms with Gasteiger partial charge < -0.3 is 9.80 Å². The standard InChI is InChI=1S/C18H22N6O2S2/c1-2-23-8-10-24(11-9-23)17-7-6-14(12-19-17)13-20-28(25,26)16-5-3-4-15-18(16)22-27-21-15/h3-7,12,20H,2,8-11,13H2,1H3. The van der Waals surface area contributed by atoms with Gasteiger partial charge in [0, 0.05) is 38.9 Å². The van der Waals surface area contributed by atoms with E-state index in [0.717, 1.165) is 55.8 Å². The summed E-state index contributed by atoms with van der Waals surface area (Å²) < 4.78 is 36.2. The van der Waals surface area contributed by atoms with Crippen molar-refractivity contribution in [3.8, 4) is 0 Å². The zero-order chi connectivity index (χ0) is 19.6. The molecule has 3 aromatic rings. The lowest BCUT2D eigenvalue weighted by Gasteiger charge is -2.34. The first kappa shape index (κ1) is 19.2. The van der Waals surface area contributed by atoms with Crippen LogP contribution in [0.3, 0.4) is 0 Å². The number of hydrogen-bond acceptors (Lipinski definition) is 8. The van der Waals surface area contributed by atoms with Gasteiger partial charge in [-0.1, -0.05) is 19.1 Å². The third kappa shape index (κ3) is 4.00. The molecule has 10 heteroatoms. The van der Waals surface area contributed by atoms with E-state index in [1.165, 1.54) is 0 Å². The Morgan fingerprint density at radius 3 is 2.64 bits per heavy atom. The van der Waals surface area contributed by atoms with E-state index in [0.29, 0.717) is 11.0 Å². The number of piperazine rings is 1. The molecule has 0 unspecified atom stereocenters. The van der Waals surface area contributed by atoms with Crippen LogP contribution in [-0.2, 0) is 16.6 Å². The summed E-state index contributed by atoms with van der Waals surface area (Å²) in [5, 5.41) is 0. The Balaban J connectivity index is 1.42. The summed E-state index contributed by atoms with van der Waals surface area (Å²) in [6.45, 7) is 7.41. The molecule has 0 saturated carbocycles. The van der Waals surface area contributed by atoms with Gasteiger partial charge in [-0.3, -0.25) is 0 Å². The van der Waals surface area contributed by atoms with Crippen LogP contribution in [0.1, 0.15) is 12.5 Å². The summed E-state index contributed by atoms with van der Waals surface area (Å²) in [5.41, 5.74) is 1.80. The average molecular weight is 419 g/mol. The summed E-state index contributed by atoms with van der Waals surface area (Å²) in [6.07, 6.45) is 1.73. The Morgan fingerprint density at radius 2 is 1.93 bits per heavy atom. The molecule has 1 fully saturated rings. The SMILES string of the molecule is CCN1CCN(c2ccc(CNS(=O)(=O)c3cccc4nsnc34)cn2)CC1. The van der Waals surface area contributed by atoms with Crippen LogP contribution >= 0.6 is 11.7 Å². The minimum atomic E-state index is -3.68. The lowest BCUT2D eigenvalue weighted by Crippen LogP contribution is -2.46. The molecule has 2 aromatic heterocycles. The van der Waals surface area contributed by atoms with Gasteiger partial charge in [0.15, 0.2) is 0 Å². The van der Waals surface area contributed by atoms with Gasteiger partial charge in [-0.15, -0.1) is 0 Å². The largest absolute Gasteiger partial charge is 0.354 e. The monoisotopic (exact) mass is 418 g/mol. The predicted molar refractivity (Wildman–Crippen MR) is 110 cm³/mol. The molecule has 0 spiro atoms. The van der Waals surface area contributed by atoms with Crippen molar-refractivity contribution in [2.45, 2.75) is 18.4 Å². The first-order chi connectivity index (χ1) is 13.6. The molecule has 0 atom stereocenters. The molecule has 148 valence electrons. The zero-order valence-electron chi connectivity index (χ0n) is 15.6. The highest BCUT2D eigenvalue weighted by Gasteiger charge is 2.20. The van der Waals surface area contributed by atoms with E-state index >= 15 is 0 Å². The molecule has 3 heterocycles. The minimum Gasteiger partial charge on any atom is -0.354 e. The molecule has 4 rings (SSSR count). The number of fused-ring (bicyclic) bond motifs is 1. The fourth-order valence-corrected chi connectivity index (χ4v) is 5.04. The van der Waals surface area contributed by atoms with Crippen LogP contribution in [-0.4, -0.2) is 59.8 Å².